The largest absolute Gasteiger partial charge is 0.495 e. The third-order valence-electron chi connectivity index (χ3n) is 4.23. The van der Waals surface area contributed by atoms with Crippen LogP contribution in [0.25, 0.3) is 5.69 Å². The van der Waals surface area contributed by atoms with Crippen LogP contribution in [-0.2, 0) is 17.8 Å². The maximum absolute atomic E-state index is 13.3. The monoisotopic (exact) mass is 356 g/mol. The van der Waals surface area contributed by atoms with Gasteiger partial charge in [-0.3, -0.25) is 9.59 Å². The third-order valence-corrected chi connectivity index (χ3v) is 4.23. The number of nitrogens with zero attached hydrogens (tertiary/aromatic N) is 3. The number of methoxy groups -OCH3 is 1. The molecule has 2 heterocycles. The molecule has 0 atom stereocenters. The molecule has 0 saturated heterocycles. The van der Waals surface area contributed by atoms with Gasteiger partial charge >= 0.3 is 0 Å². The van der Waals surface area contributed by atoms with Gasteiger partial charge in [0.05, 0.1) is 25.0 Å². The lowest BCUT2D eigenvalue weighted by Gasteiger charge is -2.29. The summed E-state index contributed by atoms with van der Waals surface area (Å²) in [7, 11) is 1.58. The van der Waals surface area contributed by atoms with E-state index in [1.807, 2.05) is 45.0 Å². The summed E-state index contributed by atoms with van der Waals surface area (Å²) in [4.78, 5) is 30.8. The maximum Gasteiger partial charge on any atom is 0.263 e. The van der Waals surface area contributed by atoms with Crippen molar-refractivity contribution < 1.29 is 9.53 Å². The average Bonchev–Trinajstić information content (AvgIpc) is 2.60. The van der Waals surface area contributed by atoms with E-state index < -0.39 is 0 Å². The SMILES string of the molecule is COc1ccccc1-n1c(NC(C)(C)C)nc2c(c1=O)CCN(C=O)C2. The summed E-state index contributed by atoms with van der Waals surface area (Å²) in [5.41, 5.74) is 1.51. The molecule has 2 aromatic rings. The van der Waals surface area contributed by atoms with Crippen LogP contribution in [-0.4, -0.2) is 40.1 Å². The van der Waals surface area contributed by atoms with Crippen LogP contribution in [0.2, 0.25) is 0 Å². The van der Waals surface area contributed by atoms with E-state index in [0.717, 1.165) is 6.41 Å². The predicted molar refractivity (Wildman–Crippen MR) is 99.9 cm³/mol. The topological polar surface area (TPSA) is 76.5 Å². The van der Waals surface area contributed by atoms with Crippen molar-refractivity contribution in [1.82, 2.24) is 14.5 Å². The molecule has 138 valence electrons. The zero-order valence-corrected chi connectivity index (χ0v) is 15.6. The molecule has 1 aromatic heterocycles. The number of carbonyl (C=O) groups is 1. The van der Waals surface area contributed by atoms with Gasteiger partial charge in [0.15, 0.2) is 0 Å². The normalized spacial score (nSPS) is 13.9. The summed E-state index contributed by atoms with van der Waals surface area (Å²) in [6.45, 7) is 6.87. The number of hydrogen-bond acceptors (Lipinski definition) is 5. The molecular formula is C19H24N4O3. The van der Waals surface area contributed by atoms with Gasteiger partial charge in [0.25, 0.3) is 5.56 Å². The fourth-order valence-electron chi connectivity index (χ4n) is 3.06. The fourth-order valence-corrected chi connectivity index (χ4v) is 3.06. The van der Waals surface area contributed by atoms with Crippen molar-refractivity contribution in [3.8, 4) is 11.4 Å². The Morgan fingerprint density at radius 3 is 2.65 bits per heavy atom. The van der Waals surface area contributed by atoms with Crippen LogP contribution in [0.15, 0.2) is 29.1 Å². The Balaban J connectivity index is 2.25. The molecule has 26 heavy (non-hydrogen) atoms. The Morgan fingerprint density at radius 1 is 1.27 bits per heavy atom. The molecule has 1 aromatic carbocycles. The Bertz CT molecular complexity index is 883. The zero-order chi connectivity index (χ0) is 18.9. The first-order valence-electron chi connectivity index (χ1n) is 8.60. The minimum atomic E-state index is -0.295. The van der Waals surface area contributed by atoms with Crippen molar-refractivity contribution in [1.29, 1.82) is 0 Å². The first-order valence-corrected chi connectivity index (χ1v) is 8.60. The van der Waals surface area contributed by atoms with Crippen LogP contribution in [0.1, 0.15) is 32.0 Å². The maximum atomic E-state index is 13.3. The van der Waals surface area contributed by atoms with E-state index in [-0.39, 0.29) is 11.1 Å². The summed E-state index contributed by atoms with van der Waals surface area (Å²) in [6, 6.07) is 7.37. The standard InChI is InChI=1S/C19H24N4O3/c1-19(2,3)21-18-20-14-11-22(12-24)10-9-13(14)17(25)23(18)15-7-5-6-8-16(15)26-4/h5-8,12H,9-11H2,1-4H3,(H,20,21). The Morgan fingerprint density at radius 2 is 2.00 bits per heavy atom. The average molecular weight is 356 g/mol. The number of nitrogens with one attached hydrogen (secondary N) is 1. The van der Waals surface area contributed by atoms with Crippen LogP contribution in [0.4, 0.5) is 5.95 Å². The highest BCUT2D eigenvalue weighted by Crippen LogP contribution is 2.26. The first-order chi connectivity index (χ1) is 12.3. The van der Waals surface area contributed by atoms with E-state index in [4.69, 9.17) is 9.72 Å². The highest BCUT2D eigenvalue weighted by Gasteiger charge is 2.25. The minimum Gasteiger partial charge on any atom is -0.495 e. The number of benzene rings is 1. The summed E-state index contributed by atoms with van der Waals surface area (Å²) in [6.07, 6.45) is 1.29. The summed E-state index contributed by atoms with van der Waals surface area (Å²) < 4.78 is 7.02. The third kappa shape index (κ3) is 3.42. The molecule has 0 spiro atoms. The number of hydrogen-bond donors (Lipinski definition) is 1. The van der Waals surface area contributed by atoms with Crippen LogP contribution >= 0.6 is 0 Å². The molecule has 0 radical (unpaired) electrons. The zero-order valence-electron chi connectivity index (χ0n) is 15.6. The van der Waals surface area contributed by atoms with E-state index >= 15 is 0 Å². The van der Waals surface area contributed by atoms with Crippen molar-refractivity contribution in [3.63, 3.8) is 0 Å². The van der Waals surface area contributed by atoms with Gasteiger partial charge in [-0.05, 0) is 39.3 Å². The van der Waals surface area contributed by atoms with Crippen molar-refractivity contribution >= 4 is 12.4 Å². The van der Waals surface area contributed by atoms with Crippen molar-refractivity contribution in [2.45, 2.75) is 39.3 Å². The number of anilines is 1. The molecule has 7 heteroatoms. The van der Waals surface area contributed by atoms with Gasteiger partial charge in [-0.25, -0.2) is 9.55 Å². The molecule has 1 amide bonds. The fraction of sp³-hybridized carbons (Fsp3) is 0.421. The Labute approximate surface area is 152 Å². The summed E-state index contributed by atoms with van der Waals surface area (Å²) >= 11 is 0. The van der Waals surface area contributed by atoms with E-state index in [9.17, 15) is 9.59 Å². The van der Waals surface area contributed by atoms with E-state index in [0.29, 0.717) is 48.2 Å². The van der Waals surface area contributed by atoms with Gasteiger partial charge < -0.3 is 15.0 Å². The lowest BCUT2D eigenvalue weighted by Crippen LogP contribution is -2.39. The number of rotatable bonds is 4. The molecule has 0 fully saturated rings. The van der Waals surface area contributed by atoms with Gasteiger partial charge in [0.1, 0.15) is 5.75 Å². The molecule has 1 aliphatic rings. The minimum absolute atomic E-state index is 0.128. The van der Waals surface area contributed by atoms with Gasteiger partial charge in [-0.15, -0.1) is 0 Å². The number of fused-ring (bicyclic) bond motifs is 1. The number of aromatic nitrogens is 2. The second-order valence-corrected chi connectivity index (χ2v) is 7.37. The molecule has 0 unspecified atom stereocenters. The Hall–Kier alpha value is -2.83. The van der Waals surface area contributed by atoms with E-state index in [1.165, 1.54) is 0 Å². The van der Waals surface area contributed by atoms with Crippen molar-refractivity contribution in [2.75, 3.05) is 19.0 Å². The predicted octanol–water partition coefficient (Wildman–Crippen LogP) is 1.97. The summed E-state index contributed by atoms with van der Waals surface area (Å²) in [5, 5.41) is 3.31. The second-order valence-electron chi connectivity index (χ2n) is 7.37. The Kier molecular flexibility index (Phi) is 4.71. The van der Waals surface area contributed by atoms with Crippen molar-refractivity contribution in [2.24, 2.45) is 0 Å². The highest BCUT2D eigenvalue weighted by atomic mass is 16.5. The van der Waals surface area contributed by atoms with Gasteiger partial charge in [-0.1, -0.05) is 12.1 Å². The molecule has 7 nitrogen and oxygen atoms in total. The van der Waals surface area contributed by atoms with Gasteiger partial charge in [0, 0.05) is 17.6 Å². The van der Waals surface area contributed by atoms with Crippen LogP contribution < -0.4 is 15.6 Å². The van der Waals surface area contributed by atoms with E-state index in [2.05, 4.69) is 5.32 Å². The second kappa shape index (κ2) is 6.82. The molecular weight excluding hydrogens is 332 g/mol. The van der Waals surface area contributed by atoms with Crippen molar-refractivity contribution in [3.05, 3.63) is 45.9 Å². The number of ether oxygens (including phenoxy) is 1. The highest BCUT2D eigenvalue weighted by molar-refractivity contribution is 5.54. The first kappa shape index (κ1) is 18.0. The molecule has 0 bridgehead atoms. The van der Waals surface area contributed by atoms with Crippen LogP contribution in [0.5, 0.6) is 5.75 Å². The molecule has 0 saturated carbocycles. The van der Waals surface area contributed by atoms with Gasteiger partial charge in [-0.2, -0.15) is 0 Å². The van der Waals surface area contributed by atoms with Crippen LogP contribution in [0, 0.1) is 0 Å². The molecule has 1 aliphatic heterocycles. The van der Waals surface area contributed by atoms with Gasteiger partial charge in [0.2, 0.25) is 12.4 Å². The lowest BCUT2D eigenvalue weighted by atomic mass is 10.1. The lowest BCUT2D eigenvalue weighted by molar-refractivity contribution is -0.119. The number of amides is 1. The number of carbonyl (C=O) groups excluding carboxylic acids is 1. The van der Waals surface area contributed by atoms with E-state index in [1.54, 1.807) is 16.6 Å². The smallest absolute Gasteiger partial charge is 0.263 e. The summed E-state index contributed by atoms with van der Waals surface area (Å²) in [5.74, 6) is 1.04. The molecule has 3 rings (SSSR count). The molecule has 1 N–H and O–H groups in total. The molecule has 0 aliphatic carbocycles. The quantitative estimate of drug-likeness (QED) is 0.848. The number of para-hydroxylation sites is 2. The van der Waals surface area contributed by atoms with Crippen LogP contribution in [0.3, 0.4) is 0 Å².